The highest BCUT2D eigenvalue weighted by Gasteiger charge is 2.43. The molecular formula is C34H44F2N4O7. The van der Waals surface area contributed by atoms with Gasteiger partial charge in [-0.15, -0.1) is 0 Å². The number of rotatable bonds is 14. The second kappa shape index (κ2) is 16.8. The standard InChI is InChI=1S/C34H44F2N4O7/c1-6-27(30(41)37-13-12-24-25(35)14-22(33(44)45)15-26(24)36)38-31(42)28-16-23(21-10-8-7-9-11-21)17-40(28)32(43)29(20(4)5)39-34(46)47-18-19(2)3/h7-11,14-15,19-20,23,27-29H,6,12-13,16-18H2,1-5H3,(H,37,41)(H,38,42)(H,39,46)(H,44,45)/t23-,27+,28+,29+/m1/s1. The normalized spacial score (nSPS) is 17.3. The van der Waals surface area contributed by atoms with Crippen molar-refractivity contribution < 1.29 is 42.6 Å². The van der Waals surface area contributed by atoms with Crippen LogP contribution in [0, 0.1) is 23.5 Å². The van der Waals surface area contributed by atoms with E-state index >= 15 is 0 Å². The molecule has 4 amide bonds. The van der Waals surface area contributed by atoms with Crippen LogP contribution in [0.1, 0.15) is 74.9 Å². The van der Waals surface area contributed by atoms with Crippen LogP contribution in [0.25, 0.3) is 0 Å². The van der Waals surface area contributed by atoms with Gasteiger partial charge in [-0.3, -0.25) is 14.4 Å². The number of likely N-dealkylation sites (tertiary alicyclic amines) is 1. The summed E-state index contributed by atoms with van der Waals surface area (Å²) >= 11 is 0. The van der Waals surface area contributed by atoms with Gasteiger partial charge >= 0.3 is 12.1 Å². The Morgan fingerprint density at radius 1 is 1.00 bits per heavy atom. The van der Waals surface area contributed by atoms with E-state index < -0.39 is 65.1 Å². The number of nitrogens with zero attached hydrogens (tertiary/aromatic N) is 1. The summed E-state index contributed by atoms with van der Waals surface area (Å²) in [5, 5.41) is 16.9. The summed E-state index contributed by atoms with van der Waals surface area (Å²) in [6.07, 6.45) is -0.507. The third-order valence-corrected chi connectivity index (χ3v) is 8.02. The van der Waals surface area contributed by atoms with Crippen molar-refractivity contribution in [3.8, 4) is 0 Å². The number of amides is 4. The number of carboxylic acid groups (broad SMARTS) is 1. The van der Waals surface area contributed by atoms with Crippen LogP contribution in [0.4, 0.5) is 13.6 Å². The summed E-state index contributed by atoms with van der Waals surface area (Å²) < 4.78 is 33.9. The molecule has 0 spiro atoms. The first kappa shape index (κ1) is 36.9. The first-order valence-electron chi connectivity index (χ1n) is 15.8. The maximum Gasteiger partial charge on any atom is 0.407 e. The zero-order valence-corrected chi connectivity index (χ0v) is 27.3. The monoisotopic (exact) mass is 658 g/mol. The van der Waals surface area contributed by atoms with E-state index in [1.807, 2.05) is 44.2 Å². The Balaban J connectivity index is 1.73. The minimum atomic E-state index is -1.47. The molecule has 1 heterocycles. The molecular weight excluding hydrogens is 614 g/mol. The smallest absolute Gasteiger partial charge is 0.407 e. The van der Waals surface area contributed by atoms with E-state index in [1.54, 1.807) is 20.8 Å². The molecule has 256 valence electrons. The number of alkyl carbamates (subject to hydrolysis) is 1. The predicted molar refractivity (Wildman–Crippen MR) is 170 cm³/mol. The van der Waals surface area contributed by atoms with Crippen molar-refractivity contribution in [2.24, 2.45) is 11.8 Å². The molecule has 0 aromatic heterocycles. The number of benzene rings is 2. The van der Waals surface area contributed by atoms with Gasteiger partial charge in [-0.05, 0) is 48.8 Å². The van der Waals surface area contributed by atoms with Crippen molar-refractivity contribution in [3.05, 3.63) is 70.8 Å². The quantitative estimate of drug-likeness (QED) is 0.239. The number of carbonyl (C=O) groups excluding carboxylic acids is 4. The molecule has 3 rings (SSSR count). The predicted octanol–water partition coefficient (Wildman–Crippen LogP) is 4.01. The van der Waals surface area contributed by atoms with Crippen molar-refractivity contribution in [2.75, 3.05) is 19.7 Å². The van der Waals surface area contributed by atoms with Crippen LogP contribution in [-0.4, -0.2) is 77.6 Å². The topological polar surface area (TPSA) is 154 Å². The summed E-state index contributed by atoms with van der Waals surface area (Å²) in [6, 6.07) is 7.94. The fraction of sp³-hybridized carbons (Fsp3) is 0.500. The summed E-state index contributed by atoms with van der Waals surface area (Å²) in [4.78, 5) is 65.7. The lowest BCUT2D eigenvalue weighted by Crippen LogP contribution is -2.57. The molecule has 0 saturated carbocycles. The highest BCUT2D eigenvalue weighted by molar-refractivity contribution is 5.94. The zero-order chi connectivity index (χ0) is 34.8. The van der Waals surface area contributed by atoms with Crippen molar-refractivity contribution >= 4 is 29.8 Å². The van der Waals surface area contributed by atoms with E-state index in [-0.39, 0.29) is 62.3 Å². The third kappa shape index (κ3) is 9.97. The fourth-order valence-electron chi connectivity index (χ4n) is 5.42. The molecule has 0 unspecified atom stereocenters. The average Bonchev–Trinajstić information content (AvgIpc) is 3.48. The van der Waals surface area contributed by atoms with E-state index in [1.165, 1.54) is 4.90 Å². The molecule has 13 heteroatoms. The lowest BCUT2D eigenvalue weighted by Gasteiger charge is -2.31. The number of aromatic carboxylic acids is 1. The molecule has 1 saturated heterocycles. The van der Waals surface area contributed by atoms with Gasteiger partial charge in [0.05, 0.1) is 12.2 Å². The van der Waals surface area contributed by atoms with Crippen LogP contribution in [-0.2, 0) is 25.5 Å². The molecule has 0 aliphatic carbocycles. The first-order chi connectivity index (χ1) is 22.2. The van der Waals surface area contributed by atoms with Crippen LogP contribution in [0.3, 0.4) is 0 Å². The molecule has 4 atom stereocenters. The summed E-state index contributed by atoms with van der Waals surface area (Å²) in [7, 11) is 0. The lowest BCUT2D eigenvalue weighted by molar-refractivity contribution is -0.141. The number of ether oxygens (including phenoxy) is 1. The van der Waals surface area contributed by atoms with Gasteiger partial charge < -0.3 is 30.7 Å². The molecule has 4 N–H and O–H groups in total. The second-order valence-electron chi connectivity index (χ2n) is 12.4. The van der Waals surface area contributed by atoms with E-state index in [0.29, 0.717) is 12.1 Å². The third-order valence-electron chi connectivity index (χ3n) is 8.02. The number of nitrogens with one attached hydrogen (secondary N) is 3. The van der Waals surface area contributed by atoms with E-state index in [9.17, 15) is 32.8 Å². The van der Waals surface area contributed by atoms with Crippen molar-refractivity contribution in [2.45, 2.75) is 77.9 Å². The van der Waals surface area contributed by atoms with Gasteiger partial charge in [0.25, 0.3) is 0 Å². The molecule has 2 aromatic carbocycles. The second-order valence-corrected chi connectivity index (χ2v) is 12.4. The van der Waals surface area contributed by atoms with Crippen LogP contribution in [0.15, 0.2) is 42.5 Å². The molecule has 1 fully saturated rings. The number of carbonyl (C=O) groups is 5. The van der Waals surface area contributed by atoms with E-state index in [0.717, 1.165) is 5.56 Å². The molecule has 2 aromatic rings. The number of carboxylic acids is 1. The molecule has 1 aliphatic rings. The van der Waals surface area contributed by atoms with Gasteiger partial charge in [0.1, 0.15) is 29.8 Å². The molecule has 0 radical (unpaired) electrons. The van der Waals surface area contributed by atoms with Gasteiger partial charge in [0.15, 0.2) is 0 Å². The summed E-state index contributed by atoms with van der Waals surface area (Å²) in [6.45, 7) is 9.23. The van der Waals surface area contributed by atoms with Crippen LogP contribution in [0.5, 0.6) is 0 Å². The largest absolute Gasteiger partial charge is 0.478 e. The number of halogens is 2. The van der Waals surface area contributed by atoms with Gasteiger partial charge in [-0.25, -0.2) is 18.4 Å². The minimum Gasteiger partial charge on any atom is -0.478 e. The van der Waals surface area contributed by atoms with E-state index in [2.05, 4.69) is 16.0 Å². The van der Waals surface area contributed by atoms with Gasteiger partial charge in [-0.2, -0.15) is 0 Å². The highest BCUT2D eigenvalue weighted by Crippen LogP contribution is 2.33. The van der Waals surface area contributed by atoms with Crippen molar-refractivity contribution in [1.82, 2.24) is 20.9 Å². The molecule has 47 heavy (non-hydrogen) atoms. The Hall–Kier alpha value is -4.55. The molecule has 11 nitrogen and oxygen atoms in total. The van der Waals surface area contributed by atoms with Crippen LogP contribution < -0.4 is 16.0 Å². The van der Waals surface area contributed by atoms with Crippen LogP contribution >= 0.6 is 0 Å². The number of hydrogen-bond acceptors (Lipinski definition) is 6. The van der Waals surface area contributed by atoms with Crippen LogP contribution in [0.2, 0.25) is 0 Å². The van der Waals surface area contributed by atoms with Gasteiger partial charge in [0, 0.05) is 24.6 Å². The molecule has 0 bridgehead atoms. The number of hydrogen-bond donors (Lipinski definition) is 4. The Kier molecular flexibility index (Phi) is 13.2. The Labute approximate surface area is 273 Å². The Morgan fingerprint density at radius 2 is 1.64 bits per heavy atom. The SMILES string of the molecule is CC[C@H](NC(=O)[C@@H]1C[C@@H](c2ccccc2)CN1C(=O)[C@@H](NC(=O)OCC(C)C)C(C)C)C(=O)NCCc1c(F)cc(C(=O)O)cc1F. The summed E-state index contributed by atoms with van der Waals surface area (Å²) in [5.74, 6) is -5.54. The Bertz CT molecular complexity index is 1410. The zero-order valence-electron chi connectivity index (χ0n) is 27.3. The summed E-state index contributed by atoms with van der Waals surface area (Å²) in [5.41, 5.74) is 0.0320. The highest BCUT2D eigenvalue weighted by atomic mass is 19.1. The van der Waals surface area contributed by atoms with Gasteiger partial charge in [-0.1, -0.05) is 65.0 Å². The Morgan fingerprint density at radius 3 is 2.19 bits per heavy atom. The van der Waals surface area contributed by atoms with Gasteiger partial charge in [0.2, 0.25) is 17.7 Å². The average molecular weight is 659 g/mol. The molecule has 1 aliphatic heterocycles. The fourth-order valence-corrected chi connectivity index (χ4v) is 5.42. The maximum absolute atomic E-state index is 14.3. The van der Waals surface area contributed by atoms with E-state index in [4.69, 9.17) is 9.84 Å². The minimum absolute atomic E-state index is 0.101. The first-order valence-corrected chi connectivity index (χ1v) is 15.8. The maximum atomic E-state index is 14.3. The van der Waals surface area contributed by atoms with Crippen molar-refractivity contribution in [1.29, 1.82) is 0 Å². The lowest BCUT2D eigenvalue weighted by atomic mass is 9.96. The van der Waals surface area contributed by atoms with Crippen molar-refractivity contribution in [3.63, 3.8) is 0 Å².